The van der Waals surface area contributed by atoms with Gasteiger partial charge in [0.05, 0.1) is 5.69 Å². The first-order valence-electron chi connectivity index (χ1n) is 7.36. The largest absolute Gasteiger partial charge is 0.234 e. The summed E-state index contributed by atoms with van der Waals surface area (Å²) in [6.07, 6.45) is 2.09. The summed E-state index contributed by atoms with van der Waals surface area (Å²) in [7, 11) is 0. The minimum absolute atomic E-state index is 0.223. The number of rotatable bonds is 4. The van der Waals surface area contributed by atoms with Crippen molar-refractivity contribution in [3.8, 4) is 0 Å². The first-order valence-corrected chi connectivity index (χ1v) is 8.12. The summed E-state index contributed by atoms with van der Waals surface area (Å²) in [6, 6.07) is 11.8. The third-order valence-corrected chi connectivity index (χ3v) is 4.26. The molecule has 1 atom stereocenters. The number of nitrogens with zero attached hydrogens (tertiary/aromatic N) is 3. The van der Waals surface area contributed by atoms with Crippen LogP contribution in [0.15, 0.2) is 36.4 Å². The van der Waals surface area contributed by atoms with Gasteiger partial charge in [-0.2, -0.15) is 5.10 Å². The molecule has 3 nitrogen and oxygen atoms in total. The lowest BCUT2D eigenvalue weighted by atomic mass is 9.91. The van der Waals surface area contributed by atoms with Gasteiger partial charge in [-0.3, -0.25) is 0 Å². The summed E-state index contributed by atoms with van der Waals surface area (Å²) in [5.41, 5.74) is 3.88. The number of hydrogen-bond acceptors (Lipinski definition) is 2. The standard InChI is InChI=1S/C17H17Cl2N3/c1-3-4-14(12-5-7-13(18)8-6-12)15-10-17-20-11(2)9-16(19)22(17)21-15/h5-10,14H,3-4H2,1-2H3. The predicted molar refractivity (Wildman–Crippen MR) is 90.9 cm³/mol. The van der Waals surface area contributed by atoms with Crippen molar-refractivity contribution in [1.29, 1.82) is 0 Å². The molecule has 114 valence electrons. The SMILES string of the molecule is CCCC(c1ccc(Cl)cc1)c1cc2nc(C)cc(Cl)n2n1. The Kier molecular flexibility index (Phi) is 4.37. The lowest BCUT2D eigenvalue weighted by Gasteiger charge is -2.14. The molecule has 0 saturated heterocycles. The highest BCUT2D eigenvalue weighted by atomic mass is 35.5. The fourth-order valence-corrected chi connectivity index (χ4v) is 3.12. The van der Waals surface area contributed by atoms with Gasteiger partial charge >= 0.3 is 0 Å². The highest BCUT2D eigenvalue weighted by Gasteiger charge is 2.18. The van der Waals surface area contributed by atoms with Gasteiger partial charge in [-0.05, 0) is 37.1 Å². The van der Waals surface area contributed by atoms with Crippen molar-refractivity contribution in [2.45, 2.75) is 32.6 Å². The molecular formula is C17H17Cl2N3. The molecule has 2 heterocycles. The molecule has 0 spiro atoms. The quantitative estimate of drug-likeness (QED) is 0.608. The molecule has 0 radical (unpaired) electrons. The van der Waals surface area contributed by atoms with Crippen molar-refractivity contribution < 1.29 is 0 Å². The number of aryl methyl sites for hydroxylation is 1. The van der Waals surface area contributed by atoms with Gasteiger partial charge in [0, 0.05) is 22.7 Å². The van der Waals surface area contributed by atoms with E-state index >= 15 is 0 Å². The zero-order chi connectivity index (χ0) is 15.7. The van der Waals surface area contributed by atoms with E-state index in [4.69, 9.17) is 23.2 Å². The Morgan fingerprint density at radius 2 is 1.86 bits per heavy atom. The Bertz CT molecular complexity index is 794. The van der Waals surface area contributed by atoms with Crippen molar-refractivity contribution in [3.63, 3.8) is 0 Å². The zero-order valence-electron chi connectivity index (χ0n) is 12.6. The van der Waals surface area contributed by atoms with E-state index in [1.165, 1.54) is 5.56 Å². The molecule has 0 amide bonds. The summed E-state index contributed by atoms with van der Waals surface area (Å²) in [4.78, 5) is 4.50. The molecule has 0 aliphatic heterocycles. The van der Waals surface area contributed by atoms with E-state index in [9.17, 15) is 0 Å². The maximum atomic E-state index is 6.27. The van der Waals surface area contributed by atoms with Crippen LogP contribution in [-0.2, 0) is 0 Å². The van der Waals surface area contributed by atoms with Crippen LogP contribution < -0.4 is 0 Å². The van der Waals surface area contributed by atoms with Crippen LogP contribution >= 0.6 is 23.2 Å². The Hall–Kier alpha value is -1.58. The Balaban J connectivity index is 2.08. The molecule has 0 aliphatic rings. The number of benzene rings is 1. The summed E-state index contributed by atoms with van der Waals surface area (Å²) < 4.78 is 1.70. The lowest BCUT2D eigenvalue weighted by molar-refractivity contribution is 0.671. The van der Waals surface area contributed by atoms with Crippen LogP contribution in [0, 0.1) is 6.92 Å². The predicted octanol–water partition coefficient (Wildman–Crippen LogP) is 5.28. The fourth-order valence-electron chi connectivity index (χ4n) is 2.71. The van der Waals surface area contributed by atoms with Crippen LogP contribution in [0.4, 0.5) is 0 Å². The second kappa shape index (κ2) is 6.27. The van der Waals surface area contributed by atoms with Crippen molar-refractivity contribution in [1.82, 2.24) is 14.6 Å². The first-order chi connectivity index (χ1) is 10.6. The normalized spacial score (nSPS) is 12.7. The van der Waals surface area contributed by atoms with Gasteiger partial charge in [0.2, 0.25) is 0 Å². The molecule has 3 rings (SSSR count). The summed E-state index contributed by atoms with van der Waals surface area (Å²) in [6.45, 7) is 4.11. The maximum absolute atomic E-state index is 6.27. The van der Waals surface area contributed by atoms with Crippen LogP contribution in [0.3, 0.4) is 0 Å². The van der Waals surface area contributed by atoms with E-state index in [0.29, 0.717) is 5.15 Å². The Morgan fingerprint density at radius 1 is 1.14 bits per heavy atom. The van der Waals surface area contributed by atoms with Crippen LogP contribution in [0.1, 0.15) is 42.6 Å². The van der Waals surface area contributed by atoms with Crippen LogP contribution in [0.2, 0.25) is 10.2 Å². The number of halogens is 2. The van der Waals surface area contributed by atoms with E-state index in [1.807, 2.05) is 31.2 Å². The van der Waals surface area contributed by atoms with E-state index in [2.05, 4.69) is 29.1 Å². The van der Waals surface area contributed by atoms with E-state index in [0.717, 1.165) is 34.9 Å². The smallest absolute Gasteiger partial charge is 0.157 e. The fraction of sp³-hybridized carbons (Fsp3) is 0.294. The highest BCUT2D eigenvalue weighted by Crippen LogP contribution is 2.30. The van der Waals surface area contributed by atoms with Crippen LogP contribution in [0.25, 0.3) is 5.65 Å². The Morgan fingerprint density at radius 3 is 2.55 bits per heavy atom. The van der Waals surface area contributed by atoms with Crippen molar-refractivity contribution >= 4 is 28.8 Å². The molecule has 3 aromatic rings. The van der Waals surface area contributed by atoms with Crippen LogP contribution in [-0.4, -0.2) is 14.6 Å². The number of hydrogen-bond donors (Lipinski definition) is 0. The monoisotopic (exact) mass is 333 g/mol. The molecule has 0 N–H and O–H groups in total. The molecule has 2 aromatic heterocycles. The average Bonchev–Trinajstić information content (AvgIpc) is 2.90. The maximum Gasteiger partial charge on any atom is 0.157 e. The number of fused-ring (bicyclic) bond motifs is 1. The van der Waals surface area contributed by atoms with Gasteiger partial charge in [0.25, 0.3) is 0 Å². The van der Waals surface area contributed by atoms with Crippen molar-refractivity contribution in [3.05, 3.63) is 63.5 Å². The third-order valence-electron chi connectivity index (χ3n) is 3.74. The van der Waals surface area contributed by atoms with Gasteiger partial charge in [0.15, 0.2) is 5.65 Å². The van der Waals surface area contributed by atoms with Gasteiger partial charge in [-0.25, -0.2) is 9.50 Å². The topological polar surface area (TPSA) is 30.2 Å². The van der Waals surface area contributed by atoms with Gasteiger partial charge in [-0.15, -0.1) is 0 Å². The zero-order valence-corrected chi connectivity index (χ0v) is 14.1. The molecule has 22 heavy (non-hydrogen) atoms. The molecule has 0 bridgehead atoms. The molecule has 0 saturated carbocycles. The number of aromatic nitrogens is 3. The second-order valence-electron chi connectivity index (χ2n) is 5.45. The second-order valence-corrected chi connectivity index (χ2v) is 6.28. The molecule has 5 heteroatoms. The van der Waals surface area contributed by atoms with Gasteiger partial charge in [0.1, 0.15) is 5.15 Å². The van der Waals surface area contributed by atoms with Crippen molar-refractivity contribution in [2.75, 3.05) is 0 Å². The summed E-state index contributed by atoms with van der Waals surface area (Å²) in [5, 5.41) is 5.99. The van der Waals surface area contributed by atoms with Gasteiger partial charge in [-0.1, -0.05) is 48.7 Å². The molecule has 0 fully saturated rings. The summed E-state index contributed by atoms with van der Waals surface area (Å²) in [5.74, 6) is 0.223. The lowest BCUT2D eigenvalue weighted by Crippen LogP contribution is -2.02. The third kappa shape index (κ3) is 2.96. The van der Waals surface area contributed by atoms with Gasteiger partial charge < -0.3 is 0 Å². The highest BCUT2D eigenvalue weighted by molar-refractivity contribution is 6.30. The Labute approximate surface area is 139 Å². The minimum atomic E-state index is 0.223. The molecule has 0 aliphatic carbocycles. The van der Waals surface area contributed by atoms with Crippen molar-refractivity contribution in [2.24, 2.45) is 0 Å². The van der Waals surface area contributed by atoms with Crippen LogP contribution in [0.5, 0.6) is 0 Å². The molecular weight excluding hydrogens is 317 g/mol. The molecule has 1 aromatic carbocycles. The average molecular weight is 334 g/mol. The van der Waals surface area contributed by atoms with E-state index < -0.39 is 0 Å². The van der Waals surface area contributed by atoms with E-state index in [-0.39, 0.29) is 5.92 Å². The first kappa shape index (κ1) is 15.3. The molecule has 1 unspecified atom stereocenters. The minimum Gasteiger partial charge on any atom is -0.234 e. The summed E-state index contributed by atoms with van der Waals surface area (Å²) >= 11 is 12.3. The van der Waals surface area contributed by atoms with E-state index in [1.54, 1.807) is 4.52 Å².